The van der Waals surface area contributed by atoms with Gasteiger partial charge in [-0.05, 0) is 37.5 Å². The number of nitrogens with one attached hydrogen (secondary N) is 1. The maximum atomic E-state index is 5.32. The largest absolute Gasteiger partial charge is 0.497 e. The fraction of sp³-hybridized carbons (Fsp3) is 0.647. The van der Waals surface area contributed by atoms with Crippen molar-refractivity contribution in [2.24, 2.45) is 5.92 Å². The van der Waals surface area contributed by atoms with Crippen LogP contribution in [0, 0.1) is 5.92 Å². The lowest BCUT2D eigenvalue weighted by molar-refractivity contribution is 0.0474. The van der Waals surface area contributed by atoms with E-state index >= 15 is 0 Å². The quantitative estimate of drug-likeness (QED) is 0.915. The summed E-state index contributed by atoms with van der Waals surface area (Å²) < 4.78 is 5.32. The Morgan fingerprint density at radius 2 is 2.15 bits per heavy atom. The Kier molecular flexibility index (Phi) is 4.71. The first-order valence-corrected chi connectivity index (χ1v) is 7.54. The molecule has 1 aliphatic heterocycles. The van der Waals surface area contributed by atoms with Crippen LogP contribution in [0.2, 0.25) is 0 Å². The average molecular weight is 276 g/mol. The molecule has 0 radical (unpaired) electrons. The highest BCUT2D eigenvalue weighted by atomic mass is 16.5. The number of benzene rings is 1. The molecule has 0 bridgehead atoms. The van der Waals surface area contributed by atoms with Crippen LogP contribution in [-0.2, 0) is 6.54 Å². The molecule has 1 aromatic rings. The van der Waals surface area contributed by atoms with Crippen LogP contribution in [0.1, 0.15) is 33.3 Å². The third-order valence-electron chi connectivity index (χ3n) is 4.38. The SMILES string of the molecule is COc1cccc(CN2CC(C(C)C)NCC2(C)C)c1. The highest BCUT2D eigenvalue weighted by Gasteiger charge is 2.34. The van der Waals surface area contributed by atoms with Crippen molar-refractivity contribution in [3.05, 3.63) is 29.8 Å². The first-order valence-electron chi connectivity index (χ1n) is 7.54. The van der Waals surface area contributed by atoms with Crippen LogP contribution in [0.5, 0.6) is 5.75 Å². The zero-order valence-corrected chi connectivity index (χ0v) is 13.4. The van der Waals surface area contributed by atoms with E-state index in [1.807, 2.05) is 6.07 Å². The summed E-state index contributed by atoms with van der Waals surface area (Å²) in [7, 11) is 1.72. The minimum Gasteiger partial charge on any atom is -0.497 e. The molecule has 3 nitrogen and oxygen atoms in total. The Bertz CT molecular complexity index is 442. The molecule has 112 valence electrons. The number of methoxy groups -OCH3 is 1. The van der Waals surface area contributed by atoms with Gasteiger partial charge in [0.05, 0.1) is 7.11 Å². The molecule has 1 fully saturated rings. The Hall–Kier alpha value is -1.06. The van der Waals surface area contributed by atoms with Gasteiger partial charge in [-0.15, -0.1) is 0 Å². The number of hydrogen-bond acceptors (Lipinski definition) is 3. The van der Waals surface area contributed by atoms with E-state index in [-0.39, 0.29) is 5.54 Å². The zero-order valence-electron chi connectivity index (χ0n) is 13.4. The summed E-state index contributed by atoms with van der Waals surface area (Å²) in [5.74, 6) is 1.61. The Morgan fingerprint density at radius 3 is 2.80 bits per heavy atom. The van der Waals surface area contributed by atoms with Gasteiger partial charge in [0.2, 0.25) is 0 Å². The summed E-state index contributed by atoms with van der Waals surface area (Å²) >= 11 is 0. The summed E-state index contributed by atoms with van der Waals surface area (Å²) in [6.07, 6.45) is 0. The molecular formula is C17H28N2O. The average Bonchev–Trinajstić information content (AvgIpc) is 2.41. The van der Waals surface area contributed by atoms with Gasteiger partial charge in [-0.2, -0.15) is 0 Å². The van der Waals surface area contributed by atoms with Crippen molar-refractivity contribution in [3.63, 3.8) is 0 Å². The van der Waals surface area contributed by atoms with Crippen molar-refractivity contribution in [3.8, 4) is 5.75 Å². The highest BCUT2D eigenvalue weighted by molar-refractivity contribution is 5.28. The molecule has 0 amide bonds. The lowest BCUT2D eigenvalue weighted by Gasteiger charge is -2.47. The van der Waals surface area contributed by atoms with Crippen molar-refractivity contribution in [2.75, 3.05) is 20.2 Å². The van der Waals surface area contributed by atoms with E-state index < -0.39 is 0 Å². The minimum absolute atomic E-state index is 0.189. The summed E-state index contributed by atoms with van der Waals surface area (Å²) in [5.41, 5.74) is 1.51. The molecule has 0 saturated carbocycles. The van der Waals surface area contributed by atoms with Crippen LogP contribution in [0.25, 0.3) is 0 Å². The molecule has 1 N–H and O–H groups in total. The van der Waals surface area contributed by atoms with Gasteiger partial charge in [-0.3, -0.25) is 4.90 Å². The van der Waals surface area contributed by atoms with E-state index in [1.165, 1.54) is 5.56 Å². The van der Waals surface area contributed by atoms with Crippen LogP contribution in [0.15, 0.2) is 24.3 Å². The van der Waals surface area contributed by atoms with Gasteiger partial charge in [-0.25, -0.2) is 0 Å². The van der Waals surface area contributed by atoms with Crippen LogP contribution in [0.4, 0.5) is 0 Å². The third kappa shape index (κ3) is 3.53. The van der Waals surface area contributed by atoms with E-state index in [1.54, 1.807) is 7.11 Å². The summed E-state index contributed by atoms with van der Waals surface area (Å²) in [6.45, 7) is 12.3. The molecule has 0 aliphatic carbocycles. The predicted molar refractivity (Wildman–Crippen MR) is 84.1 cm³/mol. The zero-order chi connectivity index (χ0) is 14.8. The molecule has 1 atom stereocenters. The Morgan fingerprint density at radius 1 is 1.40 bits per heavy atom. The first-order chi connectivity index (χ1) is 9.42. The Labute approximate surface area is 123 Å². The molecule has 0 spiro atoms. The van der Waals surface area contributed by atoms with Gasteiger partial charge >= 0.3 is 0 Å². The van der Waals surface area contributed by atoms with Gasteiger partial charge in [0.15, 0.2) is 0 Å². The van der Waals surface area contributed by atoms with E-state index in [4.69, 9.17) is 4.74 Å². The molecule has 0 aromatic heterocycles. The molecule has 20 heavy (non-hydrogen) atoms. The van der Waals surface area contributed by atoms with Gasteiger partial charge in [-0.1, -0.05) is 26.0 Å². The standard InChI is InChI=1S/C17H28N2O/c1-13(2)16-11-19(17(3,4)12-18-16)10-14-7-6-8-15(9-14)20-5/h6-9,13,16,18H,10-12H2,1-5H3. The lowest BCUT2D eigenvalue weighted by Crippen LogP contribution is -2.62. The highest BCUT2D eigenvalue weighted by Crippen LogP contribution is 2.24. The molecule has 1 saturated heterocycles. The normalized spacial score (nSPS) is 23.0. The maximum Gasteiger partial charge on any atom is 0.119 e. The summed E-state index contributed by atoms with van der Waals surface area (Å²) in [4.78, 5) is 2.59. The van der Waals surface area contributed by atoms with Gasteiger partial charge in [0.1, 0.15) is 5.75 Å². The molecule has 1 unspecified atom stereocenters. The van der Waals surface area contributed by atoms with Crippen LogP contribution in [0.3, 0.4) is 0 Å². The van der Waals surface area contributed by atoms with Crippen molar-refractivity contribution >= 4 is 0 Å². The first kappa shape index (κ1) is 15.3. The van der Waals surface area contributed by atoms with Crippen molar-refractivity contribution in [2.45, 2.75) is 45.8 Å². The molecule has 1 aliphatic rings. The number of nitrogens with zero attached hydrogens (tertiary/aromatic N) is 1. The number of ether oxygens (including phenoxy) is 1. The van der Waals surface area contributed by atoms with E-state index in [2.05, 4.69) is 56.1 Å². The van der Waals surface area contributed by atoms with Crippen LogP contribution < -0.4 is 10.1 Å². The predicted octanol–water partition coefficient (Wildman–Crippen LogP) is 2.90. The molecule has 2 rings (SSSR count). The minimum atomic E-state index is 0.189. The monoisotopic (exact) mass is 276 g/mol. The van der Waals surface area contributed by atoms with E-state index in [0.29, 0.717) is 12.0 Å². The van der Waals surface area contributed by atoms with Gasteiger partial charge in [0.25, 0.3) is 0 Å². The van der Waals surface area contributed by atoms with Crippen molar-refractivity contribution < 1.29 is 4.74 Å². The summed E-state index contributed by atoms with van der Waals surface area (Å²) in [6, 6.07) is 8.98. The Balaban J connectivity index is 2.11. The second kappa shape index (κ2) is 6.15. The van der Waals surface area contributed by atoms with Gasteiger partial charge in [0, 0.05) is 31.2 Å². The fourth-order valence-electron chi connectivity index (χ4n) is 2.76. The number of piperazine rings is 1. The lowest BCUT2D eigenvalue weighted by atomic mass is 9.92. The van der Waals surface area contributed by atoms with E-state index in [9.17, 15) is 0 Å². The topological polar surface area (TPSA) is 24.5 Å². The number of rotatable bonds is 4. The fourth-order valence-corrected chi connectivity index (χ4v) is 2.76. The van der Waals surface area contributed by atoms with Crippen LogP contribution >= 0.6 is 0 Å². The molecule has 1 heterocycles. The number of hydrogen-bond donors (Lipinski definition) is 1. The van der Waals surface area contributed by atoms with Crippen molar-refractivity contribution in [1.82, 2.24) is 10.2 Å². The van der Waals surface area contributed by atoms with Crippen LogP contribution in [-0.4, -0.2) is 36.7 Å². The van der Waals surface area contributed by atoms with Crippen molar-refractivity contribution in [1.29, 1.82) is 0 Å². The molecule has 3 heteroatoms. The van der Waals surface area contributed by atoms with Gasteiger partial charge < -0.3 is 10.1 Å². The third-order valence-corrected chi connectivity index (χ3v) is 4.38. The van der Waals surface area contributed by atoms with E-state index in [0.717, 1.165) is 25.4 Å². The summed E-state index contributed by atoms with van der Waals surface area (Å²) in [5, 5.41) is 3.68. The molecule has 1 aromatic carbocycles. The maximum absolute atomic E-state index is 5.32. The second-order valence-electron chi connectivity index (χ2n) is 6.78. The second-order valence-corrected chi connectivity index (χ2v) is 6.78. The molecular weight excluding hydrogens is 248 g/mol. The smallest absolute Gasteiger partial charge is 0.119 e.